The lowest BCUT2D eigenvalue weighted by Gasteiger charge is -2.11. The number of nitriles is 1. The van der Waals surface area contributed by atoms with Crippen molar-refractivity contribution in [2.75, 3.05) is 5.32 Å². The molecular formula is C17H17N5O3S. The van der Waals surface area contributed by atoms with E-state index in [1.807, 2.05) is 12.1 Å². The van der Waals surface area contributed by atoms with E-state index in [0.717, 1.165) is 5.56 Å². The Kier molecular flexibility index (Phi) is 5.04. The summed E-state index contributed by atoms with van der Waals surface area (Å²) in [5, 5.41) is 24.9. The van der Waals surface area contributed by atoms with Gasteiger partial charge in [-0.25, -0.2) is 4.21 Å². The van der Waals surface area contributed by atoms with Gasteiger partial charge in [-0.1, -0.05) is 19.9 Å². The molecule has 1 aliphatic rings. The van der Waals surface area contributed by atoms with Crippen LogP contribution in [0.2, 0.25) is 0 Å². The zero-order valence-corrected chi connectivity index (χ0v) is 15.0. The number of phenolic OH excluding ortho intramolecular Hbond substituents is 1. The molecule has 1 aromatic carbocycles. The lowest BCUT2D eigenvalue weighted by atomic mass is 10.1. The first-order valence-electron chi connectivity index (χ1n) is 7.88. The van der Waals surface area contributed by atoms with Crippen molar-refractivity contribution in [1.82, 2.24) is 5.32 Å². The van der Waals surface area contributed by atoms with E-state index in [1.165, 1.54) is 6.07 Å². The number of nitrogens with one attached hydrogen (secondary N) is 2. The molecule has 0 radical (unpaired) electrons. The van der Waals surface area contributed by atoms with Crippen molar-refractivity contribution >= 4 is 28.5 Å². The Morgan fingerprint density at radius 3 is 2.81 bits per heavy atom. The van der Waals surface area contributed by atoms with Crippen LogP contribution in [0.1, 0.15) is 36.7 Å². The predicted molar refractivity (Wildman–Crippen MR) is 99.1 cm³/mol. The number of amidine groups is 2. The third kappa shape index (κ3) is 3.75. The molecule has 3 N–H and O–H groups in total. The Morgan fingerprint density at radius 2 is 2.12 bits per heavy atom. The van der Waals surface area contributed by atoms with E-state index >= 15 is 0 Å². The monoisotopic (exact) mass is 371 g/mol. The highest BCUT2D eigenvalue weighted by molar-refractivity contribution is 7.83. The molecule has 0 saturated heterocycles. The second-order valence-corrected chi connectivity index (χ2v) is 6.73. The minimum Gasteiger partial charge on any atom is -0.504 e. The molecule has 8 nitrogen and oxygen atoms in total. The lowest BCUT2D eigenvalue weighted by Crippen LogP contribution is -2.33. The quantitative estimate of drug-likeness (QED) is 0.710. The highest BCUT2D eigenvalue weighted by Gasteiger charge is 2.21. The van der Waals surface area contributed by atoms with Crippen LogP contribution in [0.25, 0.3) is 0 Å². The van der Waals surface area contributed by atoms with E-state index in [4.69, 9.17) is 9.68 Å². The Balaban J connectivity index is 1.72. The molecule has 0 fully saturated rings. The summed E-state index contributed by atoms with van der Waals surface area (Å²) in [4.78, 5) is 0. The Morgan fingerprint density at radius 1 is 1.35 bits per heavy atom. The minimum absolute atomic E-state index is 0.123. The maximum atomic E-state index is 11.7. The summed E-state index contributed by atoms with van der Waals surface area (Å²) < 4.78 is 25.0. The van der Waals surface area contributed by atoms with E-state index < -0.39 is 11.2 Å². The van der Waals surface area contributed by atoms with Gasteiger partial charge in [-0.05, 0) is 29.7 Å². The second kappa shape index (κ2) is 7.41. The van der Waals surface area contributed by atoms with Crippen LogP contribution in [-0.4, -0.2) is 21.0 Å². The molecule has 2 aromatic rings. The van der Waals surface area contributed by atoms with Gasteiger partial charge in [0, 0.05) is 0 Å². The molecule has 1 atom stereocenters. The van der Waals surface area contributed by atoms with Crippen LogP contribution in [0, 0.1) is 11.3 Å². The third-order valence-electron chi connectivity index (χ3n) is 3.74. The number of phenols is 1. The summed E-state index contributed by atoms with van der Waals surface area (Å²) in [6.45, 7) is 4.49. The summed E-state index contributed by atoms with van der Waals surface area (Å²) in [7, 11) is 0. The van der Waals surface area contributed by atoms with Gasteiger partial charge in [-0.2, -0.15) is 5.26 Å². The molecular weight excluding hydrogens is 354 g/mol. The number of rotatable bonds is 4. The topological polar surface area (TPSA) is 123 Å². The van der Waals surface area contributed by atoms with Gasteiger partial charge in [0.2, 0.25) is 0 Å². The van der Waals surface area contributed by atoms with E-state index in [9.17, 15) is 9.32 Å². The van der Waals surface area contributed by atoms with Gasteiger partial charge in [0.05, 0.1) is 24.1 Å². The number of anilines is 1. The molecule has 0 aliphatic carbocycles. The average Bonchev–Trinajstić information content (AvgIpc) is 3.21. The molecule has 1 unspecified atom stereocenters. The number of aromatic hydroxyl groups is 1. The van der Waals surface area contributed by atoms with Crippen molar-refractivity contribution in [3.63, 3.8) is 0 Å². The number of para-hydroxylation sites is 1. The van der Waals surface area contributed by atoms with Crippen LogP contribution >= 0.6 is 0 Å². The fourth-order valence-electron chi connectivity index (χ4n) is 2.29. The number of hydrogen-bond donors (Lipinski definition) is 3. The molecule has 0 bridgehead atoms. The Bertz CT molecular complexity index is 956. The zero-order chi connectivity index (χ0) is 18.7. The van der Waals surface area contributed by atoms with Crippen LogP contribution in [0.4, 0.5) is 5.69 Å². The molecule has 3 rings (SSSR count). The molecule has 134 valence electrons. The van der Waals surface area contributed by atoms with Gasteiger partial charge in [0.15, 0.2) is 17.4 Å². The molecule has 0 saturated carbocycles. The first-order chi connectivity index (χ1) is 12.5. The molecule has 0 spiro atoms. The van der Waals surface area contributed by atoms with Crippen LogP contribution in [0.15, 0.2) is 43.7 Å². The van der Waals surface area contributed by atoms with E-state index in [1.54, 1.807) is 18.4 Å². The first-order valence-corrected chi connectivity index (χ1v) is 8.94. The van der Waals surface area contributed by atoms with Gasteiger partial charge in [-0.15, -0.1) is 8.80 Å². The summed E-state index contributed by atoms with van der Waals surface area (Å²) in [6.07, 6.45) is 1.70. The first kappa shape index (κ1) is 17.7. The van der Waals surface area contributed by atoms with E-state index in [2.05, 4.69) is 33.3 Å². The molecule has 0 amide bonds. The highest BCUT2D eigenvalue weighted by atomic mass is 32.2. The zero-order valence-electron chi connectivity index (χ0n) is 14.2. The molecule has 1 aromatic heterocycles. The third-order valence-corrected chi connectivity index (χ3v) is 4.42. The standard InChI is InChI=1S/C17H17N5O3S/c1-10(2)12-6-13(25-9-12)8-19-16-17(22-26(24)21-16)20-14-5-3-4-11(7-18)15(14)23/h3-6,9-10,23H,8H2,1-2H3,(H,19,21)(H,20,22). The van der Waals surface area contributed by atoms with Crippen LogP contribution < -0.4 is 10.6 Å². The second-order valence-electron chi connectivity index (χ2n) is 5.90. The number of nitrogens with zero attached hydrogens (tertiary/aromatic N) is 3. The summed E-state index contributed by atoms with van der Waals surface area (Å²) >= 11 is -1.76. The lowest BCUT2D eigenvalue weighted by molar-refractivity contribution is 0.476. The van der Waals surface area contributed by atoms with Gasteiger partial charge in [-0.3, -0.25) is 0 Å². The summed E-state index contributed by atoms with van der Waals surface area (Å²) in [6, 6.07) is 8.52. The predicted octanol–water partition coefficient (Wildman–Crippen LogP) is 2.57. The average molecular weight is 371 g/mol. The highest BCUT2D eigenvalue weighted by Crippen LogP contribution is 2.27. The van der Waals surface area contributed by atoms with E-state index in [0.29, 0.717) is 18.2 Å². The van der Waals surface area contributed by atoms with Gasteiger partial charge in [0.25, 0.3) is 11.2 Å². The smallest absolute Gasteiger partial charge is 0.269 e. The van der Waals surface area contributed by atoms with Crippen molar-refractivity contribution in [2.24, 2.45) is 8.80 Å². The number of hydrogen-bond acceptors (Lipinski definition) is 6. The molecule has 26 heavy (non-hydrogen) atoms. The van der Waals surface area contributed by atoms with Crippen LogP contribution in [0.5, 0.6) is 5.75 Å². The molecule has 1 aliphatic heterocycles. The largest absolute Gasteiger partial charge is 0.504 e. The fourth-order valence-corrected chi connectivity index (χ4v) is 2.92. The summed E-state index contributed by atoms with van der Waals surface area (Å²) in [5.74, 6) is 1.36. The van der Waals surface area contributed by atoms with Crippen molar-refractivity contribution in [3.8, 4) is 11.8 Å². The fraction of sp³-hybridized carbons (Fsp3) is 0.235. The van der Waals surface area contributed by atoms with Crippen molar-refractivity contribution in [3.05, 3.63) is 47.4 Å². The van der Waals surface area contributed by atoms with E-state index in [-0.39, 0.29) is 28.7 Å². The number of furan rings is 1. The maximum Gasteiger partial charge on any atom is 0.269 e. The van der Waals surface area contributed by atoms with Gasteiger partial charge in [0.1, 0.15) is 11.8 Å². The Labute approximate surface area is 153 Å². The normalized spacial score (nSPS) is 16.2. The minimum atomic E-state index is -1.76. The molecule has 2 heterocycles. The van der Waals surface area contributed by atoms with Crippen molar-refractivity contribution < 1.29 is 13.7 Å². The van der Waals surface area contributed by atoms with Crippen molar-refractivity contribution in [2.45, 2.75) is 26.3 Å². The number of benzene rings is 1. The Hall–Kier alpha value is -3.12. The van der Waals surface area contributed by atoms with Gasteiger partial charge >= 0.3 is 0 Å². The molecule has 9 heteroatoms. The van der Waals surface area contributed by atoms with Crippen molar-refractivity contribution in [1.29, 1.82) is 5.26 Å². The van der Waals surface area contributed by atoms with Crippen LogP contribution in [0.3, 0.4) is 0 Å². The van der Waals surface area contributed by atoms with Gasteiger partial charge < -0.3 is 20.2 Å². The maximum absolute atomic E-state index is 11.7. The SMILES string of the molecule is CC(C)c1coc(CNC2=NS(=O)N=C2Nc2cccc(C#N)c2O)c1. The van der Waals surface area contributed by atoms with Crippen LogP contribution in [-0.2, 0) is 17.7 Å². The summed E-state index contributed by atoms with van der Waals surface area (Å²) in [5.41, 5.74) is 1.48.